The number of nitrogens with one attached hydrogen (secondary N) is 1. The number of halogens is 1. The number of carbonyl (C=O) groups excluding carboxylic acids is 1. The third-order valence-electron chi connectivity index (χ3n) is 2.31. The van der Waals surface area contributed by atoms with Crippen molar-refractivity contribution in [3.05, 3.63) is 20.8 Å². The van der Waals surface area contributed by atoms with E-state index in [0.29, 0.717) is 9.35 Å². The van der Waals surface area contributed by atoms with E-state index in [9.17, 15) is 14.4 Å². The van der Waals surface area contributed by atoms with Gasteiger partial charge in [-0.3, -0.25) is 9.59 Å². The molecule has 0 aliphatic heterocycles. The lowest BCUT2D eigenvalue weighted by Gasteiger charge is -2.13. The van der Waals surface area contributed by atoms with Crippen molar-refractivity contribution in [2.75, 3.05) is 0 Å². The van der Waals surface area contributed by atoms with Crippen molar-refractivity contribution < 1.29 is 24.6 Å². The Hall–Kier alpha value is -1.41. The third kappa shape index (κ3) is 4.99. The van der Waals surface area contributed by atoms with Crippen molar-refractivity contribution in [1.29, 1.82) is 0 Å². The highest BCUT2D eigenvalue weighted by Gasteiger charge is 2.22. The van der Waals surface area contributed by atoms with Crippen LogP contribution in [-0.2, 0) is 9.59 Å². The molecule has 0 saturated heterocycles. The van der Waals surface area contributed by atoms with Gasteiger partial charge in [-0.15, -0.1) is 11.3 Å². The molecule has 0 fully saturated rings. The van der Waals surface area contributed by atoms with Crippen molar-refractivity contribution in [2.24, 2.45) is 0 Å². The first-order chi connectivity index (χ1) is 8.91. The molecule has 0 aliphatic carbocycles. The molecular formula is C11H12BrNO5S. The molecule has 1 aromatic rings. The monoisotopic (exact) mass is 349 g/mol. The van der Waals surface area contributed by atoms with Gasteiger partial charge in [0.2, 0.25) is 0 Å². The van der Waals surface area contributed by atoms with E-state index < -0.39 is 23.9 Å². The Bertz CT molecular complexity index is 487. The molecule has 1 amide bonds. The van der Waals surface area contributed by atoms with Crippen molar-refractivity contribution in [1.82, 2.24) is 5.32 Å². The maximum absolute atomic E-state index is 11.8. The summed E-state index contributed by atoms with van der Waals surface area (Å²) < 4.78 is 0.602. The fourth-order valence-corrected chi connectivity index (χ4v) is 2.85. The summed E-state index contributed by atoms with van der Waals surface area (Å²) in [4.78, 5) is 33.6. The van der Waals surface area contributed by atoms with E-state index in [4.69, 9.17) is 10.2 Å². The van der Waals surface area contributed by atoms with E-state index in [-0.39, 0.29) is 19.3 Å². The number of aliphatic carboxylic acids is 2. The highest BCUT2D eigenvalue weighted by Crippen LogP contribution is 2.22. The molecule has 1 aromatic heterocycles. The highest BCUT2D eigenvalue weighted by molar-refractivity contribution is 9.10. The molecule has 8 heteroatoms. The largest absolute Gasteiger partial charge is 0.481 e. The van der Waals surface area contributed by atoms with Crippen molar-refractivity contribution in [2.45, 2.75) is 25.3 Å². The van der Waals surface area contributed by atoms with Crippen LogP contribution in [0.15, 0.2) is 15.9 Å². The number of carboxylic acids is 2. The first-order valence-electron chi connectivity index (χ1n) is 5.40. The molecule has 0 unspecified atom stereocenters. The van der Waals surface area contributed by atoms with Crippen LogP contribution in [0, 0.1) is 0 Å². The number of hydrogen-bond acceptors (Lipinski definition) is 4. The molecule has 0 radical (unpaired) electrons. The quantitative estimate of drug-likeness (QED) is 0.697. The average molecular weight is 350 g/mol. The summed E-state index contributed by atoms with van der Waals surface area (Å²) >= 11 is 4.38. The zero-order valence-electron chi connectivity index (χ0n) is 9.76. The molecule has 0 aliphatic rings. The van der Waals surface area contributed by atoms with E-state index in [0.717, 1.165) is 0 Å². The number of carbonyl (C=O) groups is 3. The Balaban J connectivity index is 2.59. The summed E-state index contributed by atoms with van der Waals surface area (Å²) in [6.07, 6.45) is 0.150. The van der Waals surface area contributed by atoms with Gasteiger partial charge in [0.1, 0.15) is 10.9 Å². The third-order valence-corrected chi connectivity index (χ3v) is 4.15. The van der Waals surface area contributed by atoms with Gasteiger partial charge in [0.25, 0.3) is 5.91 Å². The second-order valence-electron chi connectivity index (χ2n) is 3.75. The molecule has 19 heavy (non-hydrogen) atoms. The van der Waals surface area contributed by atoms with Crippen molar-refractivity contribution in [3.63, 3.8) is 0 Å². The van der Waals surface area contributed by atoms with E-state index in [1.807, 2.05) is 0 Å². The first kappa shape index (κ1) is 15.6. The number of hydrogen-bond donors (Lipinski definition) is 3. The van der Waals surface area contributed by atoms with E-state index in [2.05, 4.69) is 21.2 Å². The summed E-state index contributed by atoms with van der Waals surface area (Å²) in [5.41, 5.74) is 0. The maximum Gasteiger partial charge on any atom is 0.326 e. The van der Waals surface area contributed by atoms with Crippen molar-refractivity contribution in [3.8, 4) is 0 Å². The number of carboxylic acid groups (broad SMARTS) is 2. The van der Waals surface area contributed by atoms with Crippen LogP contribution in [0.25, 0.3) is 0 Å². The van der Waals surface area contributed by atoms with Gasteiger partial charge in [-0.2, -0.15) is 0 Å². The van der Waals surface area contributed by atoms with Crippen LogP contribution in [0.3, 0.4) is 0 Å². The van der Waals surface area contributed by atoms with E-state index >= 15 is 0 Å². The number of amides is 1. The summed E-state index contributed by atoms with van der Waals surface area (Å²) in [5, 5.41) is 21.6. The summed E-state index contributed by atoms with van der Waals surface area (Å²) in [7, 11) is 0. The minimum atomic E-state index is -1.17. The molecule has 1 heterocycles. The minimum Gasteiger partial charge on any atom is -0.481 e. The molecule has 3 N–H and O–H groups in total. The standard InChI is InChI=1S/C11H12BrNO5S/c12-6-4-5-19-9(6)10(16)13-7(11(17)18)2-1-3-8(14)15/h4-5,7H,1-3H2,(H,13,16)(H,14,15)(H,17,18)/t7-/m1/s1. The van der Waals surface area contributed by atoms with E-state index in [1.54, 1.807) is 11.4 Å². The van der Waals surface area contributed by atoms with Gasteiger partial charge in [-0.05, 0) is 40.2 Å². The molecule has 0 spiro atoms. The smallest absolute Gasteiger partial charge is 0.326 e. The predicted molar refractivity (Wildman–Crippen MR) is 72.4 cm³/mol. The average Bonchev–Trinajstić information content (AvgIpc) is 2.73. The zero-order valence-corrected chi connectivity index (χ0v) is 12.2. The Morgan fingerprint density at radius 1 is 1.37 bits per heavy atom. The second kappa shape index (κ2) is 7.25. The molecule has 0 aromatic carbocycles. The van der Waals surface area contributed by atoms with Crippen LogP contribution in [0.5, 0.6) is 0 Å². The van der Waals surface area contributed by atoms with Crippen molar-refractivity contribution >= 4 is 45.1 Å². The summed E-state index contributed by atoms with van der Waals surface area (Å²) in [5.74, 6) is -2.65. The summed E-state index contributed by atoms with van der Waals surface area (Å²) in [6.45, 7) is 0. The SMILES string of the molecule is O=C(O)CCC[C@@H](NC(=O)c1sccc1Br)C(=O)O. The van der Waals surface area contributed by atoms with Gasteiger partial charge in [-0.1, -0.05) is 0 Å². The van der Waals surface area contributed by atoms with Crippen LogP contribution >= 0.6 is 27.3 Å². The zero-order chi connectivity index (χ0) is 14.4. The molecule has 1 rings (SSSR count). The minimum absolute atomic E-state index is 0.0797. The Morgan fingerprint density at radius 2 is 2.05 bits per heavy atom. The fourth-order valence-electron chi connectivity index (χ4n) is 1.39. The van der Waals surface area contributed by atoms with E-state index in [1.165, 1.54) is 11.3 Å². The van der Waals surface area contributed by atoms with Gasteiger partial charge >= 0.3 is 11.9 Å². The predicted octanol–water partition coefficient (Wildman–Crippen LogP) is 1.95. The number of thiophene rings is 1. The van der Waals surface area contributed by atoms with Gasteiger partial charge in [0.05, 0.1) is 0 Å². The van der Waals surface area contributed by atoms with Crippen LogP contribution < -0.4 is 5.32 Å². The van der Waals surface area contributed by atoms with Crippen LogP contribution in [0.4, 0.5) is 0 Å². The van der Waals surface area contributed by atoms with Gasteiger partial charge < -0.3 is 15.5 Å². The lowest BCUT2D eigenvalue weighted by atomic mass is 10.1. The van der Waals surface area contributed by atoms with Crippen LogP contribution in [0.2, 0.25) is 0 Å². The van der Waals surface area contributed by atoms with Gasteiger partial charge in [-0.25, -0.2) is 4.79 Å². The molecule has 0 bridgehead atoms. The fraction of sp³-hybridized carbons (Fsp3) is 0.364. The number of rotatable bonds is 7. The lowest BCUT2D eigenvalue weighted by molar-refractivity contribution is -0.140. The Morgan fingerprint density at radius 3 is 2.53 bits per heavy atom. The lowest BCUT2D eigenvalue weighted by Crippen LogP contribution is -2.40. The van der Waals surface area contributed by atoms with Crippen LogP contribution in [0.1, 0.15) is 28.9 Å². The molecule has 6 nitrogen and oxygen atoms in total. The first-order valence-corrected chi connectivity index (χ1v) is 7.07. The normalized spacial score (nSPS) is 11.8. The molecule has 0 saturated carbocycles. The molecular weight excluding hydrogens is 338 g/mol. The van der Waals surface area contributed by atoms with Gasteiger partial charge in [0, 0.05) is 10.9 Å². The molecule has 1 atom stereocenters. The Kier molecular flexibility index (Phi) is 5.97. The maximum atomic E-state index is 11.8. The topological polar surface area (TPSA) is 104 Å². The van der Waals surface area contributed by atoms with Gasteiger partial charge in [0.15, 0.2) is 0 Å². The summed E-state index contributed by atoms with van der Waals surface area (Å²) in [6, 6.07) is 0.612. The Labute approximate surface area is 121 Å². The molecule has 104 valence electrons. The van der Waals surface area contributed by atoms with Crippen LogP contribution in [-0.4, -0.2) is 34.1 Å². The highest BCUT2D eigenvalue weighted by atomic mass is 79.9. The second-order valence-corrected chi connectivity index (χ2v) is 5.52.